The van der Waals surface area contributed by atoms with E-state index in [-0.39, 0.29) is 23.4 Å². The first-order chi connectivity index (χ1) is 16.0. The number of piperidine rings is 1. The number of hydrogen-bond acceptors (Lipinski definition) is 5. The van der Waals surface area contributed by atoms with E-state index in [9.17, 15) is 14.7 Å². The summed E-state index contributed by atoms with van der Waals surface area (Å²) in [5.74, 6) is 0.941. The van der Waals surface area contributed by atoms with Crippen LogP contribution in [0.3, 0.4) is 0 Å². The molecule has 7 heteroatoms. The van der Waals surface area contributed by atoms with Gasteiger partial charge in [0.25, 0.3) is 5.56 Å². The van der Waals surface area contributed by atoms with Crippen molar-refractivity contribution in [3.05, 3.63) is 35.1 Å². The topological polar surface area (TPSA) is 88.3 Å². The smallest absolute Gasteiger partial charge is 0.262 e. The van der Waals surface area contributed by atoms with E-state index in [2.05, 4.69) is 9.97 Å². The van der Waals surface area contributed by atoms with E-state index >= 15 is 0 Å². The summed E-state index contributed by atoms with van der Waals surface area (Å²) in [4.78, 5) is 36.7. The molecular formula is C26H36N4O3. The Morgan fingerprint density at radius 3 is 2.70 bits per heavy atom. The number of aliphatic hydroxyl groups is 1. The number of amides is 1. The van der Waals surface area contributed by atoms with Crippen molar-refractivity contribution in [2.75, 3.05) is 13.1 Å². The lowest BCUT2D eigenvalue weighted by atomic mass is 9.65. The zero-order valence-corrected chi connectivity index (χ0v) is 19.5. The molecule has 0 radical (unpaired) electrons. The maximum atomic E-state index is 13.1. The number of hydrogen-bond donors (Lipinski definition) is 1. The first-order valence-corrected chi connectivity index (χ1v) is 12.8. The van der Waals surface area contributed by atoms with E-state index in [1.54, 1.807) is 29.4 Å². The molecule has 2 aromatic heterocycles. The molecule has 1 saturated heterocycles. The van der Waals surface area contributed by atoms with Gasteiger partial charge in [0.2, 0.25) is 5.91 Å². The predicted octanol–water partition coefficient (Wildman–Crippen LogP) is 3.68. The number of nitrogens with zero attached hydrogens (tertiary/aromatic N) is 4. The number of pyridine rings is 1. The van der Waals surface area contributed by atoms with Gasteiger partial charge >= 0.3 is 0 Å². The van der Waals surface area contributed by atoms with Crippen LogP contribution in [-0.2, 0) is 11.3 Å². The summed E-state index contributed by atoms with van der Waals surface area (Å²) >= 11 is 0. The fraction of sp³-hybridized carbons (Fsp3) is 0.692. The van der Waals surface area contributed by atoms with Gasteiger partial charge in [-0.1, -0.05) is 44.9 Å². The van der Waals surface area contributed by atoms with Crippen molar-refractivity contribution in [1.82, 2.24) is 19.4 Å². The molecule has 2 aliphatic carbocycles. The van der Waals surface area contributed by atoms with Gasteiger partial charge in [-0.2, -0.15) is 0 Å². The molecular weight excluding hydrogens is 416 g/mol. The molecule has 7 nitrogen and oxygen atoms in total. The summed E-state index contributed by atoms with van der Waals surface area (Å²) in [6.45, 7) is 1.37. The van der Waals surface area contributed by atoms with Crippen molar-refractivity contribution < 1.29 is 9.90 Å². The van der Waals surface area contributed by atoms with Crippen LogP contribution in [0.5, 0.6) is 0 Å². The number of rotatable bonds is 5. The molecule has 3 fully saturated rings. The van der Waals surface area contributed by atoms with Gasteiger partial charge < -0.3 is 10.0 Å². The van der Waals surface area contributed by atoms with Crippen molar-refractivity contribution in [3.63, 3.8) is 0 Å². The Kier molecular flexibility index (Phi) is 6.25. The third-order valence-corrected chi connectivity index (χ3v) is 8.74. The number of aromatic nitrogens is 3. The van der Waals surface area contributed by atoms with Crippen LogP contribution in [0.4, 0.5) is 0 Å². The Bertz CT molecular complexity index is 1050. The highest BCUT2D eigenvalue weighted by Gasteiger charge is 2.55. The standard InChI is InChI=1S/C26H36N4O3/c31-23(9-8-20-6-2-1-3-7-20)29-15-13-26(33,25(17-29)11-4-5-12-25)18-30-19-28-22-10-14-27-16-21(22)24(30)32/h10,14,16,19-20,33H,1-9,11-13,15,17-18H2. The second-order valence-corrected chi connectivity index (χ2v) is 10.7. The molecule has 1 N–H and O–H groups in total. The zero-order chi connectivity index (χ0) is 22.9. The van der Waals surface area contributed by atoms with Crippen molar-refractivity contribution in [1.29, 1.82) is 0 Å². The van der Waals surface area contributed by atoms with Gasteiger partial charge in [0.05, 0.1) is 29.4 Å². The Morgan fingerprint density at radius 2 is 1.91 bits per heavy atom. The van der Waals surface area contributed by atoms with Crippen LogP contribution in [0.15, 0.2) is 29.6 Å². The Balaban J connectivity index is 1.32. The van der Waals surface area contributed by atoms with Gasteiger partial charge in [-0.3, -0.25) is 19.1 Å². The predicted molar refractivity (Wildman–Crippen MR) is 127 cm³/mol. The van der Waals surface area contributed by atoms with Gasteiger partial charge in [0, 0.05) is 37.3 Å². The van der Waals surface area contributed by atoms with Crippen LogP contribution in [-0.4, -0.2) is 49.1 Å². The minimum absolute atomic E-state index is 0.166. The van der Waals surface area contributed by atoms with Crippen molar-refractivity contribution in [2.24, 2.45) is 11.3 Å². The Labute approximate surface area is 195 Å². The molecule has 2 aromatic rings. The minimum Gasteiger partial charge on any atom is -0.387 e. The third-order valence-electron chi connectivity index (χ3n) is 8.74. The summed E-state index contributed by atoms with van der Waals surface area (Å²) in [5, 5.41) is 12.4. The van der Waals surface area contributed by atoms with Crippen LogP contribution in [0, 0.1) is 11.3 Å². The molecule has 3 aliphatic rings. The van der Waals surface area contributed by atoms with E-state index in [0.717, 1.165) is 32.1 Å². The molecule has 33 heavy (non-hydrogen) atoms. The summed E-state index contributed by atoms with van der Waals surface area (Å²) in [5.41, 5.74) is -0.923. The quantitative estimate of drug-likeness (QED) is 0.748. The largest absolute Gasteiger partial charge is 0.387 e. The highest BCUT2D eigenvalue weighted by molar-refractivity contribution is 5.76. The lowest BCUT2D eigenvalue weighted by molar-refractivity contribution is -0.160. The maximum Gasteiger partial charge on any atom is 0.262 e. The van der Waals surface area contributed by atoms with Gasteiger partial charge in [0.15, 0.2) is 0 Å². The van der Waals surface area contributed by atoms with E-state index in [0.29, 0.717) is 42.8 Å². The zero-order valence-electron chi connectivity index (χ0n) is 19.5. The van der Waals surface area contributed by atoms with E-state index < -0.39 is 5.60 Å². The monoisotopic (exact) mass is 452 g/mol. The first kappa shape index (κ1) is 22.5. The van der Waals surface area contributed by atoms with Gasteiger partial charge in [0.1, 0.15) is 0 Å². The van der Waals surface area contributed by atoms with Gasteiger partial charge in [-0.15, -0.1) is 0 Å². The van der Waals surface area contributed by atoms with Crippen LogP contribution < -0.4 is 5.56 Å². The van der Waals surface area contributed by atoms with Crippen LogP contribution >= 0.6 is 0 Å². The summed E-state index contributed by atoms with van der Waals surface area (Å²) in [6, 6.07) is 1.73. The molecule has 1 atom stereocenters. The summed E-state index contributed by atoms with van der Waals surface area (Å²) in [6.07, 6.45) is 17.2. The molecule has 1 unspecified atom stereocenters. The molecule has 0 bridgehead atoms. The second-order valence-electron chi connectivity index (χ2n) is 10.7. The molecule has 2 saturated carbocycles. The summed E-state index contributed by atoms with van der Waals surface area (Å²) in [7, 11) is 0. The highest BCUT2D eigenvalue weighted by Crippen LogP contribution is 2.51. The van der Waals surface area contributed by atoms with Crippen LogP contribution in [0.25, 0.3) is 10.9 Å². The second kappa shape index (κ2) is 9.16. The molecule has 0 aromatic carbocycles. The fourth-order valence-electron chi connectivity index (χ4n) is 6.67. The van der Waals surface area contributed by atoms with E-state index in [1.165, 1.54) is 32.1 Å². The van der Waals surface area contributed by atoms with Crippen molar-refractivity contribution in [2.45, 2.75) is 89.2 Å². The lowest BCUT2D eigenvalue weighted by Crippen LogP contribution is -2.62. The number of carbonyl (C=O) groups excluding carboxylic acids is 1. The molecule has 1 aliphatic heterocycles. The highest BCUT2D eigenvalue weighted by atomic mass is 16.3. The number of likely N-dealkylation sites (tertiary alicyclic amines) is 1. The molecule has 1 spiro atoms. The Hall–Kier alpha value is -2.28. The average molecular weight is 453 g/mol. The summed E-state index contributed by atoms with van der Waals surface area (Å²) < 4.78 is 1.55. The van der Waals surface area contributed by atoms with Crippen molar-refractivity contribution in [3.8, 4) is 0 Å². The van der Waals surface area contributed by atoms with E-state index in [1.807, 2.05) is 4.90 Å². The molecule has 1 amide bonds. The molecule has 178 valence electrons. The molecule has 3 heterocycles. The Morgan fingerprint density at radius 1 is 1.12 bits per heavy atom. The van der Waals surface area contributed by atoms with Crippen molar-refractivity contribution >= 4 is 16.8 Å². The number of fused-ring (bicyclic) bond motifs is 1. The van der Waals surface area contributed by atoms with Gasteiger partial charge in [-0.25, -0.2) is 4.98 Å². The fourth-order valence-corrected chi connectivity index (χ4v) is 6.67. The first-order valence-electron chi connectivity index (χ1n) is 12.8. The van der Waals surface area contributed by atoms with Crippen LogP contribution in [0.1, 0.15) is 77.0 Å². The molecule has 5 rings (SSSR count). The average Bonchev–Trinajstić information content (AvgIpc) is 3.32. The normalized spacial score (nSPS) is 25.7. The van der Waals surface area contributed by atoms with Crippen LogP contribution in [0.2, 0.25) is 0 Å². The van der Waals surface area contributed by atoms with E-state index in [4.69, 9.17) is 0 Å². The SMILES string of the molecule is O=C(CCC1CCCCC1)N1CCC(O)(Cn2cnc3ccncc3c2=O)C2(CCCC2)C1. The van der Waals surface area contributed by atoms with Gasteiger partial charge in [-0.05, 0) is 37.7 Å². The number of carbonyl (C=O) groups is 1. The maximum absolute atomic E-state index is 13.1. The third kappa shape index (κ3) is 4.32. The lowest BCUT2D eigenvalue weighted by Gasteiger charge is -2.52. The minimum atomic E-state index is -1.02.